The molecule has 0 spiro atoms. The van der Waals surface area contributed by atoms with Gasteiger partial charge in [-0.1, -0.05) is 51.4 Å². The van der Waals surface area contributed by atoms with Gasteiger partial charge in [0.1, 0.15) is 0 Å². The van der Waals surface area contributed by atoms with Crippen LogP contribution in [0.1, 0.15) is 64.2 Å². The molecule has 116 valence electrons. The van der Waals surface area contributed by atoms with Gasteiger partial charge >= 0.3 is 5.97 Å². The maximum Gasteiger partial charge on any atom is 0.317 e. The standard InChI is InChI=1S/C15H28N2O3/c18-14(17-12-16-11-15(19)20)8-6-4-2-1-3-5-7-13-9-10-13/h13,16H,1-12H2,(H,17,18)(H,19,20). The minimum Gasteiger partial charge on any atom is -0.480 e. The van der Waals surface area contributed by atoms with Crippen LogP contribution in [0.3, 0.4) is 0 Å². The lowest BCUT2D eigenvalue weighted by molar-refractivity contribution is -0.136. The Labute approximate surface area is 121 Å². The maximum atomic E-state index is 11.4. The van der Waals surface area contributed by atoms with Crippen LogP contribution in [0.5, 0.6) is 0 Å². The second-order valence-corrected chi connectivity index (χ2v) is 5.70. The first-order valence-electron chi connectivity index (χ1n) is 7.87. The van der Waals surface area contributed by atoms with Crippen molar-refractivity contribution >= 4 is 11.9 Å². The molecule has 1 saturated carbocycles. The lowest BCUT2D eigenvalue weighted by Gasteiger charge is -2.05. The van der Waals surface area contributed by atoms with E-state index in [4.69, 9.17) is 5.11 Å². The molecule has 1 aliphatic carbocycles. The van der Waals surface area contributed by atoms with Crippen molar-refractivity contribution in [3.63, 3.8) is 0 Å². The Morgan fingerprint density at radius 3 is 2.30 bits per heavy atom. The van der Waals surface area contributed by atoms with Gasteiger partial charge in [0.2, 0.25) is 5.91 Å². The molecule has 0 saturated heterocycles. The zero-order valence-corrected chi connectivity index (χ0v) is 12.3. The molecule has 5 heteroatoms. The highest BCUT2D eigenvalue weighted by Gasteiger charge is 2.19. The van der Waals surface area contributed by atoms with Gasteiger partial charge in [-0.15, -0.1) is 0 Å². The predicted molar refractivity (Wildman–Crippen MR) is 78.3 cm³/mol. The molecule has 5 nitrogen and oxygen atoms in total. The van der Waals surface area contributed by atoms with E-state index < -0.39 is 5.97 Å². The predicted octanol–water partition coefficient (Wildman–Crippen LogP) is 2.27. The van der Waals surface area contributed by atoms with Crippen LogP contribution >= 0.6 is 0 Å². The van der Waals surface area contributed by atoms with E-state index in [1.165, 1.54) is 44.9 Å². The zero-order chi connectivity index (χ0) is 14.6. The number of rotatable bonds is 13. The van der Waals surface area contributed by atoms with Crippen molar-refractivity contribution in [2.24, 2.45) is 5.92 Å². The van der Waals surface area contributed by atoms with Crippen molar-refractivity contribution in [2.75, 3.05) is 13.2 Å². The van der Waals surface area contributed by atoms with Crippen LogP contribution in [-0.2, 0) is 9.59 Å². The number of carbonyl (C=O) groups excluding carboxylic acids is 1. The fraction of sp³-hybridized carbons (Fsp3) is 0.867. The molecule has 0 aromatic rings. The largest absolute Gasteiger partial charge is 0.480 e. The molecular formula is C15H28N2O3. The molecule has 1 fully saturated rings. The Hall–Kier alpha value is -1.10. The van der Waals surface area contributed by atoms with Crippen LogP contribution in [0.25, 0.3) is 0 Å². The minimum absolute atomic E-state index is 0.00313. The van der Waals surface area contributed by atoms with Crippen molar-refractivity contribution in [1.82, 2.24) is 10.6 Å². The molecular weight excluding hydrogens is 256 g/mol. The molecule has 0 aromatic heterocycles. The fourth-order valence-corrected chi connectivity index (χ4v) is 2.25. The average Bonchev–Trinajstić information content (AvgIpc) is 3.21. The normalized spacial score (nSPS) is 14.2. The third kappa shape index (κ3) is 10.8. The summed E-state index contributed by atoms with van der Waals surface area (Å²) in [5.74, 6) is 0.131. The van der Waals surface area contributed by atoms with Gasteiger partial charge in [0.15, 0.2) is 0 Å². The number of amides is 1. The lowest BCUT2D eigenvalue weighted by atomic mass is 10.1. The molecule has 0 aliphatic heterocycles. The van der Waals surface area contributed by atoms with Crippen molar-refractivity contribution in [3.8, 4) is 0 Å². The minimum atomic E-state index is -0.916. The van der Waals surface area contributed by atoms with Crippen molar-refractivity contribution in [2.45, 2.75) is 64.2 Å². The van der Waals surface area contributed by atoms with Crippen LogP contribution in [-0.4, -0.2) is 30.2 Å². The number of carbonyl (C=O) groups is 2. The van der Waals surface area contributed by atoms with E-state index in [9.17, 15) is 9.59 Å². The summed E-state index contributed by atoms with van der Waals surface area (Å²) in [6.45, 7) is 0.105. The van der Waals surface area contributed by atoms with Gasteiger partial charge in [0.05, 0.1) is 13.2 Å². The Morgan fingerprint density at radius 1 is 1.00 bits per heavy atom. The number of aliphatic carboxylic acids is 1. The van der Waals surface area contributed by atoms with Crippen molar-refractivity contribution in [1.29, 1.82) is 0 Å². The monoisotopic (exact) mass is 284 g/mol. The van der Waals surface area contributed by atoms with E-state index in [2.05, 4.69) is 10.6 Å². The lowest BCUT2D eigenvalue weighted by Crippen LogP contribution is -2.36. The molecule has 3 N–H and O–H groups in total. The quantitative estimate of drug-likeness (QED) is 0.358. The Bertz CT molecular complexity index is 291. The molecule has 0 atom stereocenters. The SMILES string of the molecule is O=C(O)CNCNC(=O)CCCCCCCCC1CC1. The number of hydrogen-bond donors (Lipinski definition) is 3. The summed E-state index contributed by atoms with van der Waals surface area (Å²) in [4.78, 5) is 21.6. The fourth-order valence-electron chi connectivity index (χ4n) is 2.25. The van der Waals surface area contributed by atoms with Gasteiger partial charge in [0, 0.05) is 6.42 Å². The van der Waals surface area contributed by atoms with Gasteiger partial charge in [0.25, 0.3) is 0 Å². The van der Waals surface area contributed by atoms with E-state index in [1.807, 2.05) is 0 Å². The van der Waals surface area contributed by atoms with Crippen LogP contribution in [0.2, 0.25) is 0 Å². The number of hydrogen-bond acceptors (Lipinski definition) is 3. The van der Waals surface area contributed by atoms with E-state index in [0.29, 0.717) is 6.42 Å². The Balaban J connectivity index is 1.75. The van der Waals surface area contributed by atoms with Crippen LogP contribution in [0, 0.1) is 5.92 Å². The summed E-state index contributed by atoms with van der Waals surface area (Å²) >= 11 is 0. The summed E-state index contributed by atoms with van der Waals surface area (Å²) in [5, 5.41) is 13.7. The van der Waals surface area contributed by atoms with E-state index in [0.717, 1.165) is 18.8 Å². The van der Waals surface area contributed by atoms with Crippen LogP contribution in [0.4, 0.5) is 0 Å². The maximum absolute atomic E-state index is 11.4. The van der Waals surface area contributed by atoms with Crippen molar-refractivity contribution in [3.05, 3.63) is 0 Å². The first-order valence-corrected chi connectivity index (χ1v) is 7.87. The van der Waals surface area contributed by atoms with Gasteiger partial charge in [-0.3, -0.25) is 14.9 Å². The first kappa shape index (κ1) is 17.0. The van der Waals surface area contributed by atoms with E-state index in [-0.39, 0.29) is 19.1 Å². The molecule has 0 bridgehead atoms. The second-order valence-electron chi connectivity index (χ2n) is 5.70. The summed E-state index contributed by atoms with van der Waals surface area (Å²) < 4.78 is 0. The van der Waals surface area contributed by atoms with Gasteiger partial charge in [-0.2, -0.15) is 0 Å². The molecule has 0 unspecified atom stereocenters. The second kappa shape index (κ2) is 10.7. The van der Waals surface area contributed by atoms with Gasteiger partial charge in [-0.25, -0.2) is 0 Å². The number of carboxylic acid groups (broad SMARTS) is 1. The molecule has 1 aliphatic rings. The smallest absolute Gasteiger partial charge is 0.317 e. The Morgan fingerprint density at radius 2 is 1.65 bits per heavy atom. The summed E-state index contributed by atoms with van der Waals surface area (Å²) in [7, 11) is 0. The first-order chi connectivity index (χ1) is 9.68. The molecule has 20 heavy (non-hydrogen) atoms. The summed E-state index contributed by atoms with van der Waals surface area (Å²) in [6, 6.07) is 0. The van der Waals surface area contributed by atoms with Gasteiger partial charge < -0.3 is 10.4 Å². The third-order valence-electron chi connectivity index (χ3n) is 3.65. The zero-order valence-electron chi connectivity index (χ0n) is 12.3. The third-order valence-corrected chi connectivity index (χ3v) is 3.65. The number of unbranched alkanes of at least 4 members (excludes halogenated alkanes) is 5. The van der Waals surface area contributed by atoms with Gasteiger partial charge in [-0.05, 0) is 12.3 Å². The molecule has 0 radical (unpaired) electrons. The molecule has 1 amide bonds. The van der Waals surface area contributed by atoms with E-state index >= 15 is 0 Å². The van der Waals surface area contributed by atoms with Crippen LogP contribution < -0.4 is 10.6 Å². The van der Waals surface area contributed by atoms with Crippen molar-refractivity contribution < 1.29 is 14.7 Å². The highest BCUT2D eigenvalue weighted by molar-refractivity contribution is 5.75. The summed E-state index contributed by atoms with van der Waals surface area (Å²) in [6.07, 6.45) is 12.1. The Kier molecular flexibility index (Phi) is 9.04. The molecule has 0 heterocycles. The topological polar surface area (TPSA) is 78.4 Å². The average molecular weight is 284 g/mol. The number of carboxylic acids is 1. The van der Waals surface area contributed by atoms with Crippen LogP contribution in [0.15, 0.2) is 0 Å². The summed E-state index contributed by atoms with van der Waals surface area (Å²) in [5.41, 5.74) is 0. The molecule has 1 rings (SSSR count). The van der Waals surface area contributed by atoms with E-state index in [1.54, 1.807) is 0 Å². The highest BCUT2D eigenvalue weighted by atomic mass is 16.4. The molecule has 0 aromatic carbocycles. The highest BCUT2D eigenvalue weighted by Crippen LogP contribution is 2.34. The number of nitrogens with one attached hydrogen (secondary N) is 2.